The monoisotopic (exact) mass is 933 g/mol. The van der Waals surface area contributed by atoms with Crippen LogP contribution in [-0.2, 0) is 17.8 Å². The Kier molecular flexibility index (Phi) is 11.8. The summed E-state index contributed by atoms with van der Waals surface area (Å²) in [5.74, 6) is -2.76. The molecule has 5 heterocycles. The van der Waals surface area contributed by atoms with Crippen LogP contribution in [0, 0.1) is 50.6 Å². The van der Waals surface area contributed by atoms with Crippen LogP contribution in [-0.4, -0.2) is 100 Å². The first kappa shape index (κ1) is 45.3. The fourth-order valence-corrected chi connectivity index (χ4v) is 11.2. The van der Waals surface area contributed by atoms with E-state index in [1.54, 1.807) is 12.1 Å². The molecule has 3 atom stereocenters. The Labute approximate surface area is 393 Å². The van der Waals surface area contributed by atoms with Gasteiger partial charge in [0.1, 0.15) is 23.0 Å². The van der Waals surface area contributed by atoms with Crippen LogP contribution < -0.4 is 15.0 Å². The largest absolute Gasteiger partial charge is 0.465 e. The highest BCUT2D eigenvalue weighted by Gasteiger charge is 2.56. The molecule has 2 aromatic heterocycles. The smallest absolute Gasteiger partial charge is 0.408 e. The maximum absolute atomic E-state index is 17.2. The molecule has 4 aromatic carbocycles. The number of benzene rings is 4. The van der Waals surface area contributed by atoms with Crippen molar-refractivity contribution >= 4 is 45.3 Å². The zero-order valence-corrected chi connectivity index (χ0v) is 39.2. The summed E-state index contributed by atoms with van der Waals surface area (Å²) in [6.07, 6.45) is 1.13. The van der Waals surface area contributed by atoms with Crippen molar-refractivity contribution in [3.63, 3.8) is 0 Å². The number of carboxylic acid groups (broad SMARTS) is 1. The van der Waals surface area contributed by atoms with Crippen LogP contribution in [0.4, 0.5) is 23.8 Å². The third-order valence-electron chi connectivity index (χ3n) is 14.7. The average molecular weight is 935 g/mol. The second-order valence-corrected chi connectivity index (χ2v) is 20.0. The predicted octanol–water partition coefficient (Wildman–Crippen LogP) is 10.0. The molecule has 6 aromatic rings. The summed E-state index contributed by atoms with van der Waals surface area (Å²) in [5, 5.41) is 14.0. The molecule has 4 fully saturated rings. The molecule has 0 spiro atoms. The van der Waals surface area contributed by atoms with Gasteiger partial charge in [-0.25, -0.2) is 22.9 Å². The van der Waals surface area contributed by atoms with Gasteiger partial charge >= 0.3 is 12.1 Å². The lowest BCUT2D eigenvalue weighted by molar-refractivity contribution is 0.0231. The second-order valence-electron chi connectivity index (χ2n) is 19.6. The number of carbonyl (C=O) groups is 1. The van der Waals surface area contributed by atoms with Gasteiger partial charge < -0.3 is 24.8 Å². The fourth-order valence-electron chi connectivity index (χ4n) is 11.0. The summed E-state index contributed by atoms with van der Waals surface area (Å²) in [4.78, 5) is 33.7. The van der Waals surface area contributed by atoms with Crippen molar-refractivity contribution in [3.8, 4) is 17.1 Å². The van der Waals surface area contributed by atoms with E-state index in [-0.39, 0.29) is 68.2 Å². The second kappa shape index (κ2) is 17.5. The number of amides is 1. The Balaban J connectivity index is 1.16. The molecule has 3 unspecified atom stereocenters. The maximum Gasteiger partial charge on any atom is 0.408 e. The first-order valence-corrected chi connectivity index (χ1v) is 23.5. The Morgan fingerprint density at radius 2 is 1.57 bits per heavy atom. The number of anilines is 1. The minimum absolute atomic E-state index is 0.0219. The van der Waals surface area contributed by atoms with Crippen LogP contribution in [0.15, 0.2) is 60.7 Å². The van der Waals surface area contributed by atoms with E-state index >= 15 is 13.2 Å². The fraction of sp³-hybridized carbons (Fsp3) is 0.423. The topological polar surface area (TPSA) is 116 Å². The van der Waals surface area contributed by atoms with Crippen molar-refractivity contribution in [3.05, 3.63) is 122 Å². The molecule has 67 heavy (non-hydrogen) atoms. The van der Waals surface area contributed by atoms with E-state index in [0.717, 1.165) is 78.0 Å². The summed E-state index contributed by atoms with van der Waals surface area (Å²) < 4.78 is 62.1. The van der Waals surface area contributed by atoms with Gasteiger partial charge in [-0.3, -0.25) is 9.80 Å². The molecule has 3 saturated heterocycles. The molecular formula is C52H55ClF3N7O4. The van der Waals surface area contributed by atoms with Crippen molar-refractivity contribution in [2.24, 2.45) is 5.41 Å². The molecule has 4 aliphatic rings. The van der Waals surface area contributed by atoms with Gasteiger partial charge in [0.05, 0.1) is 41.6 Å². The lowest BCUT2D eigenvalue weighted by atomic mass is 9.81. The molecule has 2 N–H and O–H groups in total. The maximum atomic E-state index is 17.2. The molecule has 10 rings (SSSR count). The van der Waals surface area contributed by atoms with Crippen molar-refractivity contribution < 1.29 is 32.5 Å². The number of pyridine rings is 1. The Morgan fingerprint density at radius 1 is 0.881 bits per heavy atom. The molecule has 1 aliphatic carbocycles. The van der Waals surface area contributed by atoms with Crippen LogP contribution in [0.2, 0.25) is 5.02 Å². The zero-order valence-electron chi connectivity index (χ0n) is 38.5. The number of halogens is 4. The van der Waals surface area contributed by atoms with E-state index in [1.165, 1.54) is 4.90 Å². The van der Waals surface area contributed by atoms with E-state index in [1.807, 2.05) is 20.8 Å². The Bertz CT molecular complexity index is 2890. The number of aromatic nitrogens is 3. The number of fused-ring (bicyclic) bond motifs is 4. The van der Waals surface area contributed by atoms with Crippen LogP contribution in [0.25, 0.3) is 32.9 Å². The molecule has 1 saturated carbocycles. The predicted molar refractivity (Wildman–Crippen MR) is 254 cm³/mol. The van der Waals surface area contributed by atoms with Gasteiger partial charge in [0.25, 0.3) is 0 Å². The van der Waals surface area contributed by atoms with Gasteiger partial charge in [-0.1, -0.05) is 59.1 Å². The molecule has 15 heteroatoms. The molecule has 350 valence electrons. The lowest BCUT2D eigenvalue weighted by Crippen LogP contribution is -2.61. The number of hydrogen-bond acceptors (Lipinski definition) is 9. The summed E-state index contributed by atoms with van der Waals surface area (Å²) in [6.45, 7) is 15.7. The van der Waals surface area contributed by atoms with Gasteiger partial charge in [-0.2, -0.15) is 9.97 Å². The molecule has 0 radical (unpaired) electrons. The molecule has 3 aliphatic heterocycles. The third-order valence-corrected chi connectivity index (χ3v) is 15.0. The van der Waals surface area contributed by atoms with Crippen molar-refractivity contribution in [1.82, 2.24) is 30.1 Å². The average Bonchev–Trinajstić information content (AvgIpc) is 4.02. The Hall–Kier alpha value is -5.54. The van der Waals surface area contributed by atoms with Gasteiger partial charge in [-0.15, -0.1) is 0 Å². The van der Waals surface area contributed by atoms with Gasteiger partial charge in [0.15, 0.2) is 5.82 Å². The van der Waals surface area contributed by atoms with E-state index in [0.29, 0.717) is 45.1 Å². The first-order chi connectivity index (χ1) is 32.1. The van der Waals surface area contributed by atoms with Crippen molar-refractivity contribution in [2.75, 3.05) is 57.4 Å². The lowest BCUT2D eigenvalue weighted by Gasteiger charge is -2.43. The summed E-state index contributed by atoms with van der Waals surface area (Å²) in [5.41, 5.74) is 5.34. The van der Waals surface area contributed by atoms with E-state index in [9.17, 15) is 9.90 Å². The highest BCUT2D eigenvalue weighted by atomic mass is 35.5. The summed E-state index contributed by atoms with van der Waals surface area (Å²) >= 11 is 7.14. The highest BCUT2D eigenvalue weighted by Crippen LogP contribution is 2.52. The van der Waals surface area contributed by atoms with Gasteiger partial charge in [-0.05, 0) is 94.3 Å². The number of hydrogen-bond donors (Lipinski definition) is 2. The Morgan fingerprint density at radius 3 is 2.19 bits per heavy atom. The van der Waals surface area contributed by atoms with Crippen LogP contribution in [0.3, 0.4) is 0 Å². The third kappa shape index (κ3) is 8.44. The normalized spacial score (nSPS) is 21.3. The number of nitrogens with one attached hydrogen (secondary N) is 1. The van der Waals surface area contributed by atoms with Gasteiger partial charge in [0.2, 0.25) is 0 Å². The molecule has 11 nitrogen and oxygen atoms in total. The van der Waals surface area contributed by atoms with E-state index in [2.05, 4.69) is 65.4 Å². The first-order valence-electron chi connectivity index (χ1n) is 23.1. The minimum Gasteiger partial charge on any atom is -0.465 e. The SMILES string of the molecule is Cc1ccc(CN(Cc2ccc(C)cc2C)c2ccc3c(F)cc(F)c(-c4c(Cl)cc(F)c5nc(OCC6(CN7CCOCC7)CC6)nc(C6CC7CNCC6(C)N7C(=O)O)c45)c3n2)c(C)c1. The number of rotatable bonds is 12. The van der Waals surface area contributed by atoms with Crippen LogP contribution in [0.1, 0.15) is 71.2 Å². The number of piperazine rings is 1. The van der Waals surface area contributed by atoms with Crippen LogP contribution >= 0.6 is 11.6 Å². The standard InChI is InChI=1S/C52H55ClF3N7O4/c1-29-6-8-33(31(3)18-29)24-62(25-34-9-7-30(2)19-32(34)4)42-11-10-36-39(54)22-40(55)44(46(36)58-42)43-38(53)21-41(56)48-45(43)47(37-20-35-23-57-26-51(37,5)63(35)50(64)65)59-49(60-48)67-28-52(12-13-52)27-61-14-16-66-17-15-61/h6-11,18-19,21-22,35,37,57H,12-17,20,23-28H2,1-5H3,(H,64,65). The van der Waals surface area contributed by atoms with Crippen LogP contribution in [0.5, 0.6) is 6.01 Å². The number of nitrogens with zero attached hydrogens (tertiary/aromatic N) is 6. The molecular weight excluding hydrogens is 879 g/mol. The number of ether oxygens (including phenoxy) is 2. The summed E-state index contributed by atoms with van der Waals surface area (Å²) in [6, 6.07) is 17.3. The van der Waals surface area contributed by atoms with E-state index < -0.39 is 41.0 Å². The van der Waals surface area contributed by atoms with Crippen molar-refractivity contribution in [1.29, 1.82) is 0 Å². The highest BCUT2D eigenvalue weighted by molar-refractivity contribution is 6.35. The quantitative estimate of drug-likeness (QED) is 0.123. The molecule has 1 amide bonds. The minimum atomic E-state index is -1.09. The number of morpholine rings is 1. The van der Waals surface area contributed by atoms with Crippen molar-refractivity contribution in [2.45, 2.75) is 84.5 Å². The van der Waals surface area contributed by atoms with E-state index in [4.69, 9.17) is 36.0 Å². The zero-order chi connectivity index (χ0) is 46.9. The van der Waals surface area contributed by atoms with Gasteiger partial charge in [0, 0.05) is 91.2 Å². The summed E-state index contributed by atoms with van der Waals surface area (Å²) in [7, 11) is 0. The molecule has 2 bridgehead atoms. The number of aryl methyl sites for hydroxylation is 4.